The molecule has 2 rings (SSSR count). The maximum Gasteiger partial charge on any atom is 0.0655 e. The lowest BCUT2D eigenvalue weighted by molar-refractivity contribution is 0.157. The van der Waals surface area contributed by atoms with Crippen molar-refractivity contribution in [1.29, 1.82) is 5.26 Å². The normalized spacial score (nSPS) is 38.3. The van der Waals surface area contributed by atoms with Crippen molar-refractivity contribution in [3.8, 4) is 6.07 Å². The third kappa shape index (κ3) is 3.35. The van der Waals surface area contributed by atoms with Crippen LogP contribution < -0.4 is 0 Å². The van der Waals surface area contributed by atoms with Gasteiger partial charge in [0, 0.05) is 5.92 Å². The number of nitriles is 1. The molecule has 0 aliphatic heterocycles. The summed E-state index contributed by atoms with van der Waals surface area (Å²) in [6.45, 7) is 3.85. The first-order valence-corrected chi connectivity index (χ1v) is 7.34. The highest BCUT2D eigenvalue weighted by atomic mass is 14.4. The van der Waals surface area contributed by atoms with Gasteiger partial charge in [-0.1, -0.05) is 6.08 Å². The minimum Gasteiger partial charge on any atom is -0.198 e. The standard InChI is InChI=1S/C16H25N/c1-2-3-13-4-8-15(9-5-13)16-10-6-14(12-17)7-11-16/h2,13-16H,1,3-11H2/t13-,14-,15-,16+. The fourth-order valence-corrected chi connectivity index (χ4v) is 3.85. The van der Waals surface area contributed by atoms with Gasteiger partial charge in [-0.2, -0.15) is 5.26 Å². The van der Waals surface area contributed by atoms with E-state index >= 15 is 0 Å². The van der Waals surface area contributed by atoms with E-state index < -0.39 is 0 Å². The van der Waals surface area contributed by atoms with Crippen LogP contribution in [-0.2, 0) is 0 Å². The van der Waals surface area contributed by atoms with Gasteiger partial charge >= 0.3 is 0 Å². The van der Waals surface area contributed by atoms with E-state index in [0.717, 1.165) is 30.6 Å². The Hall–Kier alpha value is -0.770. The lowest BCUT2D eigenvalue weighted by Crippen LogP contribution is -2.25. The molecule has 0 radical (unpaired) electrons. The first-order chi connectivity index (χ1) is 8.33. The highest BCUT2D eigenvalue weighted by Crippen LogP contribution is 2.41. The van der Waals surface area contributed by atoms with Gasteiger partial charge in [-0.3, -0.25) is 0 Å². The van der Waals surface area contributed by atoms with Crippen LogP contribution in [-0.4, -0.2) is 0 Å². The van der Waals surface area contributed by atoms with Crippen LogP contribution >= 0.6 is 0 Å². The number of hydrogen-bond acceptors (Lipinski definition) is 1. The van der Waals surface area contributed by atoms with Gasteiger partial charge in [0.1, 0.15) is 0 Å². The van der Waals surface area contributed by atoms with Crippen LogP contribution in [0.4, 0.5) is 0 Å². The van der Waals surface area contributed by atoms with Crippen LogP contribution in [0.15, 0.2) is 12.7 Å². The molecule has 2 saturated carbocycles. The van der Waals surface area contributed by atoms with E-state index in [9.17, 15) is 0 Å². The number of hydrogen-bond donors (Lipinski definition) is 0. The summed E-state index contributed by atoms with van der Waals surface area (Å²) >= 11 is 0. The minimum absolute atomic E-state index is 0.364. The molecule has 2 aliphatic rings. The molecule has 0 N–H and O–H groups in total. The molecule has 0 spiro atoms. The molecule has 2 aliphatic carbocycles. The Morgan fingerprint density at radius 1 is 0.941 bits per heavy atom. The summed E-state index contributed by atoms with van der Waals surface area (Å²) < 4.78 is 0. The average Bonchev–Trinajstić information content (AvgIpc) is 2.40. The Morgan fingerprint density at radius 2 is 1.47 bits per heavy atom. The molecule has 0 aromatic rings. The van der Waals surface area contributed by atoms with Gasteiger partial charge in [-0.15, -0.1) is 6.58 Å². The molecule has 0 aromatic carbocycles. The predicted octanol–water partition coefficient (Wildman–Crippen LogP) is 4.70. The highest BCUT2D eigenvalue weighted by molar-refractivity contribution is 4.90. The van der Waals surface area contributed by atoms with E-state index in [-0.39, 0.29) is 0 Å². The van der Waals surface area contributed by atoms with Crippen molar-refractivity contribution in [3.63, 3.8) is 0 Å². The number of allylic oxidation sites excluding steroid dienone is 1. The van der Waals surface area contributed by atoms with Gasteiger partial charge in [0.15, 0.2) is 0 Å². The van der Waals surface area contributed by atoms with E-state index in [1.165, 1.54) is 44.9 Å². The third-order valence-corrected chi connectivity index (χ3v) is 5.01. The Kier molecular flexibility index (Phi) is 4.66. The van der Waals surface area contributed by atoms with E-state index in [4.69, 9.17) is 5.26 Å². The molecule has 0 saturated heterocycles. The smallest absolute Gasteiger partial charge is 0.0655 e. The van der Waals surface area contributed by atoms with Crippen molar-refractivity contribution in [2.24, 2.45) is 23.7 Å². The summed E-state index contributed by atoms with van der Waals surface area (Å²) in [4.78, 5) is 0. The van der Waals surface area contributed by atoms with Gasteiger partial charge in [-0.05, 0) is 75.5 Å². The molecular weight excluding hydrogens is 206 g/mol. The Labute approximate surface area is 106 Å². The molecular formula is C16H25N. The molecule has 1 heteroatoms. The van der Waals surface area contributed by atoms with Crippen molar-refractivity contribution in [2.75, 3.05) is 0 Å². The summed E-state index contributed by atoms with van der Waals surface area (Å²) in [7, 11) is 0. The average molecular weight is 231 g/mol. The number of nitrogens with zero attached hydrogens (tertiary/aromatic N) is 1. The van der Waals surface area contributed by atoms with E-state index in [1.54, 1.807) is 0 Å². The molecule has 0 aromatic heterocycles. The first kappa shape index (κ1) is 12.7. The van der Waals surface area contributed by atoms with Crippen LogP contribution in [0, 0.1) is 35.0 Å². The summed E-state index contributed by atoms with van der Waals surface area (Å²) in [6, 6.07) is 2.44. The zero-order valence-corrected chi connectivity index (χ0v) is 10.9. The Morgan fingerprint density at radius 3 is 1.94 bits per heavy atom. The van der Waals surface area contributed by atoms with Crippen LogP contribution in [0.25, 0.3) is 0 Å². The second-order valence-electron chi connectivity index (χ2n) is 6.05. The van der Waals surface area contributed by atoms with Gasteiger partial charge in [0.25, 0.3) is 0 Å². The van der Waals surface area contributed by atoms with E-state index in [0.29, 0.717) is 5.92 Å². The predicted molar refractivity (Wildman–Crippen MR) is 71.3 cm³/mol. The largest absolute Gasteiger partial charge is 0.198 e. The first-order valence-electron chi connectivity index (χ1n) is 7.34. The molecule has 1 nitrogen and oxygen atoms in total. The topological polar surface area (TPSA) is 23.8 Å². The van der Waals surface area contributed by atoms with Crippen molar-refractivity contribution in [3.05, 3.63) is 12.7 Å². The van der Waals surface area contributed by atoms with Crippen LogP contribution in [0.3, 0.4) is 0 Å². The SMILES string of the molecule is C=CC[C@H]1CC[C@H]([C@H]2CC[C@@H](C#N)CC2)CC1. The molecule has 17 heavy (non-hydrogen) atoms. The van der Waals surface area contributed by atoms with Crippen molar-refractivity contribution in [2.45, 2.75) is 57.8 Å². The molecule has 2 fully saturated rings. The van der Waals surface area contributed by atoms with Gasteiger partial charge in [0.2, 0.25) is 0 Å². The summed E-state index contributed by atoms with van der Waals surface area (Å²) in [5.74, 6) is 3.18. The second kappa shape index (κ2) is 6.24. The Balaban J connectivity index is 1.74. The summed E-state index contributed by atoms with van der Waals surface area (Å²) in [6.07, 6.45) is 13.9. The Bertz CT molecular complexity index is 272. The fraction of sp³-hybridized carbons (Fsp3) is 0.812. The van der Waals surface area contributed by atoms with Crippen molar-refractivity contribution >= 4 is 0 Å². The second-order valence-corrected chi connectivity index (χ2v) is 6.05. The lowest BCUT2D eigenvalue weighted by atomic mass is 9.69. The summed E-state index contributed by atoms with van der Waals surface area (Å²) in [5, 5.41) is 8.92. The van der Waals surface area contributed by atoms with E-state index in [2.05, 4.69) is 18.7 Å². The highest BCUT2D eigenvalue weighted by Gasteiger charge is 2.30. The minimum atomic E-state index is 0.364. The van der Waals surface area contributed by atoms with Crippen LogP contribution in [0.5, 0.6) is 0 Å². The quantitative estimate of drug-likeness (QED) is 0.646. The molecule has 0 unspecified atom stereocenters. The molecule has 94 valence electrons. The third-order valence-electron chi connectivity index (χ3n) is 5.01. The van der Waals surface area contributed by atoms with E-state index in [1.807, 2.05) is 0 Å². The van der Waals surface area contributed by atoms with Crippen LogP contribution in [0.1, 0.15) is 57.8 Å². The fourth-order valence-electron chi connectivity index (χ4n) is 3.85. The maximum absolute atomic E-state index is 8.92. The molecule has 0 bridgehead atoms. The van der Waals surface area contributed by atoms with Crippen LogP contribution in [0.2, 0.25) is 0 Å². The molecule has 0 atom stereocenters. The van der Waals surface area contributed by atoms with Crippen molar-refractivity contribution in [1.82, 2.24) is 0 Å². The number of rotatable bonds is 3. The molecule has 0 heterocycles. The van der Waals surface area contributed by atoms with Gasteiger partial charge in [0.05, 0.1) is 6.07 Å². The zero-order chi connectivity index (χ0) is 12.1. The lowest BCUT2D eigenvalue weighted by Gasteiger charge is -2.36. The summed E-state index contributed by atoms with van der Waals surface area (Å²) in [5.41, 5.74) is 0. The van der Waals surface area contributed by atoms with Gasteiger partial charge in [-0.25, -0.2) is 0 Å². The monoisotopic (exact) mass is 231 g/mol. The van der Waals surface area contributed by atoms with Gasteiger partial charge < -0.3 is 0 Å². The van der Waals surface area contributed by atoms with Crippen molar-refractivity contribution < 1.29 is 0 Å². The molecule has 0 amide bonds. The zero-order valence-electron chi connectivity index (χ0n) is 10.9. The maximum atomic E-state index is 8.92.